The number of nitrogens with zero attached hydrogens (tertiary/aromatic N) is 8. The van der Waals surface area contributed by atoms with E-state index in [1.54, 1.807) is 21.8 Å². The van der Waals surface area contributed by atoms with E-state index in [0.717, 1.165) is 22.9 Å². The molecule has 3 N–H and O–H groups in total. The molecule has 8 heterocycles. The van der Waals surface area contributed by atoms with E-state index in [1.165, 1.54) is 0 Å². The Kier molecular flexibility index (Phi) is 12.0. The fraction of sp³-hybridized carbons (Fsp3) is 0.463. The van der Waals surface area contributed by atoms with Crippen molar-refractivity contribution in [2.24, 2.45) is 0 Å². The third-order valence-corrected chi connectivity index (χ3v) is 12.1. The van der Waals surface area contributed by atoms with Crippen LogP contribution in [0.25, 0.3) is 22.1 Å². The van der Waals surface area contributed by atoms with E-state index in [2.05, 4.69) is 47.7 Å². The van der Waals surface area contributed by atoms with Gasteiger partial charge in [0.05, 0.1) is 35.9 Å². The molecule has 4 aliphatic rings. The van der Waals surface area contributed by atoms with Crippen LogP contribution in [0.2, 0.25) is 20.6 Å². The topological polar surface area (TPSA) is 187 Å². The van der Waals surface area contributed by atoms with E-state index in [4.69, 9.17) is 74.8 Å². The Hall–Kier alpha value is -3.98. The lowest BCUT2D eigenvalue weighted by Crippen LogP contribution is -2.31. The SMILES string of the molecule is CC1(C)O[C@@H]2[C@H](O1)[C@@H](CO)O[C@H]2n1ncc2c(NCc3ccccc3Cl)nc(Cl)nc21.CC[C@H]1O[C@@H](n2ncc3c(NCc4ccccc4Cl)nc(Cl)nc32)[C@@H]2OC(C)(C)O[C@@H]21. The van der Waals surface area contributed by atoms with Crippen molar-refractivity contribution in [2.75, 3.05) is 17.2 Å². The van der Waals surface area contributed by atoms with E-state index < -0.39 is 42.3 Å². The number of rotatable bonds is 10. The first-order valence-corrected chi connectivity index (χ1v) is 21.6. The Labute approximate surface area is 376 Å². The lowest BCUT2D eigenvalue weighted by molar-refractivity contribution is -0.201. The van der Waals surface area contributed by atoms with Crippen molar-refractivity contribution in [1.29, 1.82) is 0 Å². The summed E-state index contributed by atoms with van der Waals surface area (Å²) in [6.07, 6.45) is 1.08. The van der Waals surface area contributed by atoms with Gasteiger partial charge in [0.2, 0.25) is 10.6 Å². The minimum absolute atomic E-state index is 0.0630. The number of fused-ring (bicyclic) bond motifs is 4. The van der Waals surface area contributed by atoms with E-state index >= 15 is 0 Å². The van der Waals surface area contributed by atoms with Crippen LogP contribution in [0.5, 0.6) is 0 Å². The predicted molar refractivity (Wildman–Crippen MR) is 231 cm³/mol. The summed E-state index contributed by atoms with van der Waals surface area (Å²) in [5, 5.41) is 28.2. The number of anilines is 2. The lowest BCUT2D eigenvalue weighted by Gasteiger charge is -2.24. The van der Waals surface area contributed by atoms with Gasteiger partial charge in [-0.3, -0.25) is 0 Å². The van der Waals surface area contributed by atoms with Gasteiger partial charge >= 0.3 is 0 Å². The molecule has 0 bridgehead atoms. The highest BCUT2D eigenvalue weighted by Gasteiger charge is 2.57. The number of aliphatic hydroxyl groups excluding tert-OH is 1. The van der Waals surface area contributed by atoms with Gasteiger partial charge in [-0.15, -0.1) is 0 Å². The average molecular weight is 931 g/mol. The van der Waals surface area contributed by atoms with Gasteiger partial charge in [0, 0.05) is 23.1 Å². The molecule has 2 aromatic carbocycles. The van der Waals surface area contributed by atoms with Gasteiger partial charge in [-0.05, 0) is 80.6 Å². The zero-order valence-electron chi connectivity index (χ0n) is 34.2. The van der Waals surface area contributed by atoms with Gasteiger partial charge in [-0.25, -0.2) is 9.36 Å². The molecule has 0 spiro atoms. The molecule has 21 heteroatoms. The predicted octanol–water partition coefficient (Wildman–Crippen LogP) is 7.73. The smallest absolute Gasteiger partial charge is 0.226 e. The van der Waals surface area contributed by atoms with Crippen LogP contribution in [0.1, 0.15) is 64.6 Å². The van der Waals surface area contributed by atoms with Crippen molar-refractivity contribution in [3.8, 4) is 0 Å². The molecule has 0 unspecified atom stereocenters. The zero-order chi connectivity index (χ0) is 43.5. The Morgan fingerprint density at radius 3 is 1.47 bits per heavy atom. The molecule has 4 fully saturated rings. The molecule has 4 saturated heterocycles. The quantitative estimate of drug-likeness (QED) is 0.113. The second-order valence-electron chi connectivity index (χ2n) is 16.1. The molecule has 328 valence electrons. The Bertz CT molecular complexity index is 2420. The Morgan fingerprint density at radius 2 is 1.03 bits per heavy atom. The molecular formula is C41H44Cl4N10O7. The van der Waals surface area contributed by atoms with E-state index in [9.17, 15) is 5.11 Å². The number of aliphatic hydroxyl groups is 1. The monoisotopic (exact) mass is 928 g/mol. The molecule has 0 radical (unpaired) electrons. The minimum atomic E-state index is -0.790. The van der Waals surface area contributed by atoms with Crippen molar-refractivity contribution < 1.29 is 33.5 Å². The summed E-state index contributed by atoms with van der Waals surface area (Å²) in [5.74, 6) is -0.366. The number of benzene rings is 2. The van der Waals surface area contributed by atoms with Crippen LogP contribution in [-0.2, 0) is 41.5 Å². The van der Waals surface area contributed by atoms with Crippen LogP contribution >= 0.6 is 46.4 Å². The Morgan fingerprint density at radius 1 is 0.613 bits per heavy atom. The first-order valence-electron chi connectivity index (χ1n) is 20.1. The van der Waals surface area contributed by atoms with Crippen molar-refractivity contribution in [3.63, 3.8) is 0 Å². The number of hydrogen-bond acceptors (Lipinski definition) is 15. The molecule has 8 atom stereocenters. The van der Waals surface area contributed by atoms with E-state index in [1.807, 2.05) is 76.2 Å². The van der Waals surface area contributed by atoms with Crippen molar-refractivity contribution in [3.05, 3.63) is 92.7 Å². The second kappa shape index (κ2) is 17.2. The zero-order valence-corrected chi connectivity index (χ0v) is 37.2. The minimum Gasteiger partial charge on any atom is -0.394 e. The maximum atomic E-state index is 9.74. The summed E-state index contributed by atoms with van der Waals surface area (Å²) in [6.45, 7) is 10.3. The molecule has 17 nitrogen and oxygen atoms in total. The largest absolute Gasteiger partial charge is 0.394 e. The average Bonchev–Trinajstić information content (AvgIpc) is 4.08. The van der Waals surface area contributed by atoms with Crippen molar-refractivity contribution >= 4 is 80.1 Å². The molecule has 0 amide bonds. The molecular weight excluding hydrogens is 886 g/mol. The van der Waals surface area contributed by atoms with E-state index in [-0.39, 0.29) is 35.5 Å². The van der Waals surface area contributed by atoms with Gasteiger partial charge in [0.1, 0.15) is 42.2 Å². The van der Waals surface area contributed by atoms with Gasteiger partial charge < -0.3 is 44.2 Å². The third kappa shape index (κ3) is 8.41. The number of halogens is 4. The molecule has 0 aliphatic carbocycles. The van der Waals surface area contributed by atoms with Crippen LogP contribution in [0.15, 0.2) is 60.9 Å². The summed E-state index contributed by atoms with van der Waals surface area (Å²) < 4.78 is 39.8. The van der Waals surface area contributed by atoms with Crippen LogP contribution in [0, 0.1) is 0 Å². The van der Waals surface area contributed by atoms with Gasteiger partial charge in [0.25, 0.3) is 0 Å². The molecule has 62 heavy (non-hydrogen) atoms. The molecule has 4 aromatic heterocycles. The maximum Gasteiger partial charge on any atom is 0.226 e. The van der Waals surface area contributed by atoms with Crippen molar-refractivity contribution in [1.82, 2.24) is 39.5 Å². The fourth-order valence-electron chi connectivity index (χ4n) is 8.27. The van der Waals surface area contributed by atoms with Crippen molar-refractivity contribution in [2.45, 2.75) is 115 Å². The number of aromatic nitrogens is 8. The summed E-state index contributed by atoms with van der Waals surface area (Å²) in [4.78, 5) is 17.5. The van der Waals surface area contributed by atoms with Crippen LogP contribution in [0.3, 0.4) is 0 Å². The molecule has 10 rings (SSSR count). The normalized spacial score (nSPS) is 27.0. The molecule has 6 aromatic rings. The highest BCUT2D eigenvalue weighted by molar-refractivity contribution is 6.31. The fourth-order valence-corrected chi connectivity index (χ4v) is 9.00. The van der Waals surface area contributed by atoms with Gasteiger partial charge in [0.15, 0.2) is 35.3 Å². The number of nitrogens with one attached hydrogen (secondary N) is 2. The first-order chi connectivity index (χ1) is 29.7. The standard InChI is InChI=1S/C21H23Cl2N5O3.C20H21Cl2N5O4/c1-4-14-15-16(31-21(2,3)30-15)19(29-14)28-18-12(10-25-28)17(26-20(23)27-18)24-9-11-7-5-6-8-13(11)22;1-20(2)30-14-13(9-28)29-18(15(14)31-20)27-17-11(8-24-27)16(25-19(22)26-17)23-7-10-5-3-4-6-12(10)21/h5-8,10,14-16,19H,4,9H2,1-3H3,(H,24,26,27);3-6,8,13-15,18,28H,7,9H2,1-2H3,(H,23,25,26)/t14-,15-,16-,19-;13-,14-,15-,18-/m11/s1. The highest BCUT2D eigenvalue weighted by atomic mass is 35.5. The van der Waals surface area contributed by atoms with Crippen LogP contribution in [0.4, 0.5) is 11.6 Å². The Balaban J connectivity index is 0.000000158. The maximum absolute atomic E-state index is 9.74. The highest BCUT2D eigenvalue weighted by Crippen LogP contribution is 2.46. The summed E-state index contributed by atoms with van der Waals surface area (Å²) in [6, 6.07) is 15.2. The molecule has 4 aliphatic heterocycles. The summed E-state index contributed by atoms with van der Waals surface area (Å²) in [5.41, 5.74) is 2.92. The molecule has 0 saturated carbocycles. The van der Waals surface area contributed by atoms with E-state index in [0.29, 0.717) is 51.5 Å². The van der Waals surface area contributed by atoms with Crippen LogP contribution in [-0.4, -0.2) is 99.4 Å². The first kappa shape index (κ1) is 43.3. The van der Waals surface area contributed by atoms with Gasteiger partial charge in [-0.1, -0.05) is 66.5 Å². The van der Waals surface area contributed by atoms with Crippen LogP contribution < -0.4 is 10.6 Å². The second-order valence-corrected chi connectivity index (χ2v) is 17.6. The number of hydrogen-bond donors (Lipinski definition) is 3. The summed E-state index contributed by atoms with van der Waals surface area (Å²) >= 11 is 25.0. The number of ether oxygens (including phenoxy) is 6. The third-order valence-electron chi connectivity index (χ3n) is 11.0. The summed E-state index contributed by atoms with van der Waals surface area (Å²) in [7, 11) is 0. The van der Waals surface area contributed by atoms with Gasteiger partial charge in [-0.2, -0.15) is 30.1 Å². The lowest BCUT2D eigenvalue weighted by atomic mass is 10.1.